The first-order valence-electron chi connectivity index (χ1n) is 7.78. The van der Waals surface area contributed by atoms with Gasteiger partial charge in [-0.3, -0.25) is 14.9 Å². The number of hydrogen-bond donors (Lipinski definition) is 1. The molecule has 3 rings (SSSR count). The van der Waals surface area contributed by atoms with Gasteiger partial charge in [0, 0.05) is 23.9 Å². The van der Waals surface area contributed by atoms with Crippen LogP contribution in [0.25, 0.3) is 6.08 Å². The van der Waals surface area contributed by atoms with Crippen LogP contribution in [-0.2, 0) is 0 Å². The van der Waals surface area contributed by atoms with Gasteiger partial charge >= 0.3 is 0 Å². The number of ether oxygens (including phenoxy) is 2. The van der Waals surface area contributed by atoms with Gasteiger partial charge in [-0.25, -0.2) is 5.43 Å². The molecule has 0 aliphatic carbocycles. The Hall–Kier alpha value is -3.68. The van der Waals surface area contributed by atoms with Crippen molar-refractivity contribution in [3.8, 4) is 11.5 Å². The van der Waals surface area contributed by atoms with Crippen molar-refractivity contribution >= 4 is 23.9 Å². The maximum absolute atomic E-state index is 12.1. The van der Waals surface area contributed by atoms with Crippen molar-refractivity contribution in [3.63, 3.8) is 0 Å². The molecule has 0 saturated heterocycles. The van der Waals surface area contributed by atoms with Crippen LogP contribution >= 0.6 is 0 Å². The molecule has 1 N–H and O–H groups in total. The molecule has 1 aliphatic heterocycles. The molecule has 1 aliphatic rings. The predicted octanol–water partition coefficient (Wildman–Crippen LogP) is 2.80. The molecule has 8 nitrogen and oxygen atoms in total. The summed E-state index contributed by atoms with van der Waals surface area (Å²) < 4.78 is 10.8. The normalized spacial score (nSPS) is 13.1. The number of nitro groups is 1. The predicted molar refractivity (Wildman–Crippen MR) is 95.5 cm³/mol. The average molecular weight is 353 g/mol. The van der Waals surface area contributed by atoms with Gasteiger partial charge in [-0.15, -0.1) is 0 Å². The van der Waals surface area contributed by atoms with Gasteiger partial charge in [0.05, 0.1) is 4.92 Å². The number of non-ortho nitro benzene ring substituents is 1. The second kappa shape index (κ2) is 7.93. The molecule has 0 bridgehead atoms. The van der Waals surface area contributed by atoms with Crippen LogP contribution in [0.3, 0.4) is 0 Å². The summed E-state index contributed by atoms with van der Waals surface area (Å²) in [6.45, 7) is 0.929. The second-order valence-electron chi connectivity index (χ2n) is 5.29. The van der Waals surface area contributed by atoms with E-state index >= 15 is 0 Å². The van der Waals surface area contributed by atoms with Gasteiger partial charge < -0.3 is 9.47 Å². The van der Waals surface area contributed by atoms with Gasteiger partial charge in [-0.05, 0) is 29.8 Å². The first-order chi connectivity index (χ1) is 12.6. The molecule has 0 atom stereocenters. The zero-order chi connectivity index (χ0) is 18.4. The van der Waals surface area contributed by atoms with Crippen molar-refractivity contribution in [3.05, 3.63) is 69.8 Å². The third-order valence-electron chi connectivity index (χ3n) is 3.50. The first-order valence-corrected chi connectivity index (χ1v) is 7.78. The van der Waals surface area contributed by atoms with Crippen LogP contribution in [0.15, 0.2) is 53.6 Å². The fraction of sp³-hybridized carbons (Fsp3) is 0.111. The molecule has 0 fully saturated rings. The Labute approximate surface area is 148 Å². The van der Waals surface area contributed by atoms with Gasteiger partial charge in [0.1, 0.15) is 13.2 Å². The number of nitrogens with zero attached hydrogens (tertiary/aromatic N) is 2. The van der Waals surface area contributed by atoms with Crippen molar-refractivity contribution in [2.75, 3.05) is 13.2 Å². The number of nitrogens with one attached hydrogen (secondary N) is 1. The zero-order valence-corrected chi connectivity index (χ0v) is 13.6. The van der Waals surface area contributed by atoms with Crippen LogP contribution in [0.5, 0.6) is 11.5 Å². The van der Waals surface area contributed by atoms with Crippen LogP contribution < -0.4 is 14.9 Å². The molecule has 0 saturated carbocycles. The highest BCUT2D eigenvalue weighted by molar-refractivity contribution is 5.95. The number of hydrogen-bond acceptors (Lipinski definition) is 6. The zero-order valence-electron chi connectivity index (χ0n) is 13.6. The van der Waals surface area contributed by atoms with Gasteiger partial charge in [0.25, 0.3) is 11.6 Å². The lowest BCUT2D eigenvalue weighted by Gasteiger charge is -2.18. The first kappa shape index (κ1) is 17.2. The average Bonchev–Trinajstić information content (AvgIpc) is 2.67. The summed E-state index contributed by atoms with van der Waals surface area (Å²) in [4.78, 5) is 22.3. The summed E-state index contributed by atoms with van der Waals surface area (Å²) in [7, 11) is 0. The second-order valence-corrected chi connectivity index (χ2v) is 5.29. The summed E-state index contributed by atoms with van der Waals surface area (Å²) in [5.41, 5.74) is 3.46. The SMILES string of the molecule is O=C(NN=C/C=C\c1cccc([N+](=O)[O-])c1)c1ccc2c(c1)OCCO2. The van der Waals surface area contributed by atoms with E-state index in [-0.39, 0.29) is 11.6 Å². The number of hydrazone groups is 1. The molecule has 132 valence electrons. The standard InChI is InChI=1S/C18H15N3O5/c22-18(14-6-7-16-17(12-14)26-10-9-25-16)20-19-8-2-4-13-3-1-5-15(11-13)21(23)24/h1-8,11-12H,9-10H2,(H,20,22)/b4-2-,19-8?. The Morgan fingerprint density at radius 1 is 1.15 bits per heavy atom. The molecule has 26 heavy (non-hydrogen) atoms. The lowest BCUT2D eigenvalue weighted by molar-refractivity contribution is -0.384. The van der Waals surface area contributed by atoms with Crippen LogP contribution in [0.2, 0.25) is 0 Å². The molecular weight excluding hydrogens is 338 g/mol. The maximum atomic E-state index is 12.1. The van der Waals surface area contributed by atoms with Crippen LogP contribution in [0, 0.1) is 10.1 Å². The molecule has 0 aromatic heterocycles. The Bertz CT molecular complexity index is 892. The summed E-state index contributed by atoms with van der Waals surface area (Å²) in [6.07, 6.45) is 4.60. The molecular formula is C18H15N3O5. The van der Waals surface area contributed by atoms with Crippen molar-refractivity contribution < 1.29 is 19.2 Å². The van der Waals surface area contributed by atoms with E-state index in [9.17, 15) is 14.9 Å². The Morgan fingerprint density at radius 2 is 1.96 bits per heavy atom. The van der Waals surface area contributed by atoms with E-state index in [2.05, 4.69) is 10.5 Å². The highest BCUT2D eigenvalue weighted by Gasteiger charge is 2.14. The molecule has 1 heterocycles. The van der Waals surface area contributed by atoms with Gasteiger partial charge in [0.15, 0.2) is 11.5 Å². The third-order valence-corrected chi connectivity index (χ3v) is 3.50. The van der Waals surface area contributed by atoms with Gasteiger partial charge in [-0.1, -0.05) is 18.2 Å². The van der Waals surface area contributed by atoms with Gasteiger partial charge in [-0.2, -0.15) is 5.10 Å². The lowest BCUT2D eigenvalue weighted by Crippen LogP contribution is -2.19. The van der Waals surface area contributed by atoms with Crippen LogP contribution in [0.1, 0.15) is 15.9 Å². The number of benzene rings is 2. The fourth-order valence-electron chi connectivity index (χ4n) is 2.28. The highest BCUT2D eigenvalue weighted by atomic mass is 16.6. The summed E-state index contributed by atoms with van der Waals surface area (Å²) in [5, 5.41) is 14.5. The molecule has 0 unspecified atom stereocenters. The highest BCUT2D eigenvalue weighted by Crippen LogP contribution is 2.30. The minimum Gasteiger partial charge on any atom is -0.486 e. The quantitative estimate of drug-likeness (QED) is 0.506. The van der Waals surface area contributed by atoms with Crippen LogP contribution in [0.4, 0.5) is 5.69 Å². The molecule has 2 aromatic carbocycles. The molecule has 2 aromatic rings. The monoisotopic (exact) mass is 353 g/mol. The molecule has 0 spiro atoms. The van der Waals surface area contributed by atoms with E-state index in [1.807, 2.05) is 0 Å². The Morgan fingerprint density at radius 3 is 2.77 bits per heavy atom. The molecule has 8 heteroatoms. The Balaban J connectivity index is 1.57. The number of carbonyl (C=O) groups excluding carboxylic acids is 1. The summed E-state index contributed by atoms with van der Waals surface area (Å²) >= 11 is 0. The molecule has 1 amide bonds. The smallest absolute Gasteiger partial charge is 0.271 e. The fourth-order valence-corrected chi connectivity index (χ4v) is 2.28. The number of allylic oxidation sites excluding steroid dienone is 1. The summed E-state index contributed by atoms with van der Waals surface area (Å²) in [5.74, 6) is 0.747. The number of fused-ring (bicyclic) bond motifs is 1. The van der Waals surface area contributed by atoms with E-state index in [0.717, 1.165) is 0 Å². The van der Waals surface area contributed by atoms with E-state index in [4.69, 9.17) is 9.47 Å². The summed E-state index contributed by atoms with van der Waals surface area (Å²) in [6, 6.07) is 11.1. The van der Waals surface area contributed by atoms with E-state index in [1.165, 1.54) is 18.3 Å². The number of amides is 1. The van der Waals surface area contributed by atoms with Crippen molar-refractivity contribution in [1.29, 1.82) is 0 Å². The number of rotatable bonds is 5. The van der Waals surface area contributed by atoms with Crippen molar-refractivity contribution in [2.45, 2.75) is 0 Å². The molecule has 0 radical (unpaired) electrons. The van der Waals surface area contributed by atoms with Crippen molar-refractivity contribution in [2.24, 2.45) is 5.10 Å². The van der Waals surface area contributed by atoms with Crippen molar-refractivity contribution in [1.82, 2.24) is 5.43 Å². The lowest BCUT2D eigenvalue weighted by atomic mass is 10.2. The Kier molecular flexibility index (Phi) is 5.23. The number of nitro benzene ring substituents is 1. The maximum Gasteiger partial charge on any atom is 0.271 e. The van der Waals surface area contributed by atoms with E-state index in [1.54, 1.807) is 42.5 Å². The third kappa shape index (κ3) is 4.23. The minimum atomic E-state index is -0.459. The van der Waals surface area contributed by atoms with E-state index < -0.39 is 4.92 Å². The minimum absolute atomic E-state index is 0.0102. The largest absolute Gasteiger partial charge is 0.486 e. The van der Waals surface area contributed by atoms with Crippen LogP contribution in [-0.4, -0.2) is 30.3 Å². The topological polar surface area (TPSA) is 103 Å². The van der Waals surface area contributed by atoms with Gasteiger partial charge in [0.2, 0.25) is 0 Å². The van der Waals surface area contributed by atoms with E-state index in [0.29, 0.717) is 35.8 Å². The number of carbonyl (C=O) groups is 1.